The number of carboxylic acid groups (broad SMARTS) is 1. The lowest BCUT2D eigenvalue weighted by atomic mass is 10.0. The summed E-state index contributed by atoms with van der Waals surface area (Å²) < 4.78 is 17.1. The Bertz CT molecular complexity index is 365. The molecule has 0 aliphatic carbocycles. The van der Waals surface area contributed by atoms with E-state index >= 15 is 0 Å². The molecule has 0 spiro atoms. The normalized spacial score (nSPS) is 16.3. The SMILES string of the molecule is CCO[Si](CC(C)C)(OCC)OCC.O=C(O)C(O)C(O)C(O)C(O)CO. The third-order valence-electron chi connectivity index (χ3n) is 3.26. The smallest absolute Gasteiger partial charge is 0.479 e. The molecular weight excluding hydrogens is 380 g/mol. The minimum Gasteiger partial charge on any atom is -0.479 e. The summed E-state index contributed by atoms with van der Waals surface area (Å²) in [6.45, 7) is 11.4. The van der Waals surface area contributed by atoms with Gasteiger partial charge in [-0.15, -0.1) is 0 Å². The number of aliphatic hydroxyl groups is 5. The second-order valence-corrected chi connectivity index (χ2v) is 8.73. The van der Waals surface area contributed by atoms with Crippen molar-refractivity contribution in [1.82, 2.24) is 0 Å². The first-order valence-corrected chi connectivity index (χ1v) is 10.9. The molecule has 164 valence electrons. The third kappa shape index (κ3) is 11.7. The van der Waals surface area contributed by atoms with Gasteiger partial charge in [0, 0.05) is 25.9 Å². The van der Waals surface area contributed by atoms with Crippen LogP contribution in [0.25, 0.3) is 0 Å². The quantitative estimate of drug-likeness (QED) is 0.209. The van der Waals surface area contributed by atoms with Crippen LogP contribution in [-0.2, 0) is 18.1 Å². The van der Waals surface area contributed by atoms with E-state index in [1.807, 2.05) is 20.8 Å². The number of rotatable bonds is 13. The molecule has 27 heavy (non-hydrogen) atoms. The molecule has 0 fully saturated rings. The van der Waals surface area contributed by atoms with Crippen molar-refractivity contribution in [2.24, 2.45) is 5.92 Å². The maximum Gasteiger partial charge on any atom is 0.501 e. The highest BCUT2D eigenvalue weighted by Crippen LogP contribution is 2.21. The van der Waals surface area contributed by atoms with Crippen LogP contribution in [0.2, 0.25) is 6.04 Å². The fourth-order valence-electron chi connectivity index (χ4n) is 2.13. The Kier molecular flexibility index (Phi) is 16.2. The van der Waals surface area contributed by atoms with Gasteiger partial charge in [0.2, 0.25) is 0 Å². The summed E-state index contributed by atoms with van der Waals surface area (Å²) in [6, 6.07) is 0.905. The van der Waals surface area contributed by atoms with E-state index in [1.165, 1.54) is 0 Å². The fourth-order valence-corrected chi connectivity index (χ4v) is 5.05. The highest BCUT2D eigenvalue weighted by Gasteiger charge is 2.40. The predicted molar refractivity (Wildman–Crippen MR) is 99.0 cm³/mol. The van der Waals surface area contributed by atoms with Crippen molar-refractivity contribution in [2.45, 2.75) is 65.1 Å². The Hall–Kier alpha value is -0.633. The second-order valence-electron chi connectivity index (χ2n) is 6.09. The number of aliphatic hydroxyl groups excluding tert-OH is 5. The summed E-state index contributed by atoms with van der Waals surface area (Å²) in [4.78, 5) is 10.1. The molecule has 4 atom stereocenters. The van der Waals surface area contributed by atoms with Crippen molar-refractivity contribution in [3.8, 4) is 0 Å². The third-order valence-corrected chi connectivity index (χ3v) is 6.76. The van der Waals surface area contributed by atoms with Crippen molar-refractivity contribution < 1.29 is 48.7 Å². The first-order valence-electron chi connectivity index (χ1n) is 8.99. The van der Waals surface area contributed by atoms with Gasteiger partial charge < -0.3 is 43.9 Å². The van der Waals surface area contributed by atoms with Crippen molar-refractivity contribution in [1.29, 1.82) is 0 Å². The maximum atomic E-state index is 10.1. The summed E-state index contributed by atoms with van der Waals surface area (Å²) in [6.07, 6.45) is -7.84. The van der Waals surface area contributed by atoms with Crippen molar-refractivity contribution in [3.05, 3.63) is 0 Å². The molecule has 10 nitrogen and oxygen atoms in total. The van der Waals surface area contributed by atoms with E-state index in [9.17, 15) is 4.79 Å². The highest BCUT2D eigenvalue weighted by atomic mass is 28.4. The van der Waals surface area contributed by atoms with E-state index in [0.717, 1.165) is 6.04 Å². The van der Waals surface area contributed by atoms with Gasteiger partial charge in [-0.3, -0.25) is 0 Å². The number of carboxylic acids is 1. The summed E-state index contributed by atoms with van der Waals surface area (Å²) >= 11 is 0. The van der Waals surface area contributed by atoms with Crippen molar-refractivity contribution >= 4 is 14.8 Å². The Morgan fingerprint density at radius 1 is 0.889 bits per heavy atom. The van der Waals surface area contributed by atoms with Crippen LogP contribution < -0.4 is 0 Å². The van der Waals surface area contributed by atoms with E-state index in [0.29, 0.717) is 25.7 Å². The number of hydrogen-bond donors (Lipinski definition) is 6. The Labute approximate surface area is 161 Å². The molecule has 0 aromatic carbocycles. The lowest BCUT2D eigenvalue weighted by Gasteiger charge is -2.29. The Balaban J connectivity index is 0. The van der Waals surface area contributed by atoms with Crippen LogP contribution in [0.3, 0.4) is 0 Å². The molecule has 0 saturated heterocycles. The lowest BCUT2D eigenvalue weighted by Crippen LogP contribution is -2.48. The standard InChI is InChI=1S/C10H24O3Si.C6H12O7/c1-6-11-14(12-7-2,13-8-3)9-10(4)5;7-1-2(8)3(9)4(10)5(11)6(12)13/h10H,6-9H2,1-5H3;2-5,7-11H,1H2,(H,12,13). The Morgan fingerprint density at radius 3 is 1.56 bits per heavy atom. The fraction of sp³-hybridized carbons (Fsp3) is 0.938. The maximum absolute atomic E-state index is 10.1. The van der Waals surface area contributed by atoms with Gasteiger partial charge in [0.15, 0.2) is 6.10 Å². The number of carbonyl (C=O) groups is 1. The number of hydrogen-bond acceptors (Lipinski definition) is 9. The largest absolute Gasteiger partial charge is 0.501 e. The number of aliphatic carboxylic acids is 1. The molecule has 0 saturated carbocycles. The first kappa shape index (κ1) is 28.6. The molecule has 0 heterocycles. The average molecular weight is 417 g/mol. The van der Waals surface area contributed by atoms with E-state index in [2.05, 4.69) is 13.8 Å². The van der Waals surface area contributed by atoms with Gasteiger partial charge in [-0.2, -0.15) is 0 Å². The zero-order valence-electron chi connectivity index (χ0n) is 16.7. The van der Waals surface area contributed by atoms with E-state index in [-0.39, 0.29) is 0 Å². The first-order chi connectivity index (χ1) is 12.5. The van der Waals surface area contributed by atoms with Crippen LogP contribution in [0.15, 0.2) is 0 Å². The summed E-state index contributed by atoms with van der Waals surface area (Å²) in [5.74, 6) is -1.18. The van der Waals surface area contributed by atoms with Gasteiger partial charge in [0.1, 0.15) is 18.3 Å². The van der Waals surface area contributed by atoms with Crippen LogP contribution in [0.5, 0.6) is 0 Å². The molecule has 6 N–H and O–H groups in total. The zero-order chi connectivity index (χ0) is 21.6. The molecule has 0 amide bonds. The monoisotopic (exact) mass is 416 g/mol. The van der Waals surface area contributed by atoms with Crippen molar-refractivity contribution in [3.63, 3.8) is 0 Å². The van der Waals surface area contributed by atoms with E-state index < -0.39 is 45.8 Å². The molecule has 0 bridgehead atoms. The molecule has 4 unspecified atom stereocenters. The molecule has 0 aliphatic heterocycles. The van der Waals surface area contributed by atoms with Crippen LogP contribution in [-0.4, -0.2) is 96.3 Å². The lowest BCUT2D eigenvalue weighted by molar-refractivity contribution is -0.164. The topological polar surface area (TPSA) is 166 Å². The molecule has 11 heteroatoms. The van der Waals surface area contributed by atoms with E-state index in [1.54, 1.807) is 0 Å². The van der Waals surface area contributed by atoms with Gasteiger partial charge in [-0.1, -0.05) is 13.8 Å². The van der Waals surface area contributed by atoms with Gasteiger partial charge in [0.25, 0.3) is 0 Å². The van der Waals surface area contributed by atoms with Gasteiger partial charge >= 0.3 is 14.8 Å². The summed E-state index contributed by atoms with van der Waals surface area (Å²) in [5, 5.41) is 51.8. The average Bonchev–Trinajstić information content (AvgIpc) is 2.59. The molecule has 0 aliphatic rings. The molecule has 0 aromatic rings. The van der Waals surface area contributed by atoms with Crippen LogP contribution in [0, 0.1) is 5.92 Å². The molecular formula is C16H36O10Si. The minimum atomic E-state index is -2.36. The van der Waals surface area contributed by atoms with E-state index in [4.69, 9.17) is 43.9 Å². The molecule has 0 aromatic heterocycles. The molecule has 0 rings (SSSR count). The second kappa shape index (κ2) is 15.3. The van der Waals surface area contributed by atoms with Gasteiger partial charge in [-0.25, -0.2) is 4.79 Å². The van der Waals surface area contributed by atoms with Crippen LogP contribution in [0.4, 0.5) is 0 Å². The van der Waals surface area contributed by atoms with Crippen molar-refractivity contribution in [2.75, 3.05) is 26.4 Å². The van der Waals surface area contributed by atoms with Crippen LogP contribution in [0.1, 0.15) is 34.6 Å². The Morgan fingerprint density at radius 2 is 1.30 bits per heavy atom. The van der Waals surface area contributed by atoms with Crippen LogP contribution >= 0.6 is 0 Å². The summed E-state index contributed by atoms with van der Waals surface area (Å²) in [7, 11) is -2.36. The minimum absolute atomic E-state index is 0.548. The van der Waals surface area contributed by atoms with Gasteiger partial charge in [-0.05, 0) is 26.7 Å². The molecule has 0 radical (unpaired) electrons. The predicted octanol–water partition coefficient (Wildman–Crippen LogP) is -0.802. The zero-order valence-corrected chi connectivity index (χ0v) is 17.7. The highest BCUT2D eigenvalue weighted by molar-refractivity contribution is 6.60. The van der Waals surface area contributed by atoms with Gasteiger partial charge in [0.05, 0.1) is 6.61 Å². The summed E-state index contributed by atoms with van der Waals surface area (Å²) in [5.41, 5.74) is 0.